The fraction of sp³-hybridized carbons (Fsp3) is 0.360. The third-order valence-corrected chi connectivity index (χ3v) is 6.47. The molecule has 5 rings (SSSR count). The van der Waals surface area contributed by atoms with Crippen LogP contribution in [0.25, 0.3) is 10.9 Å². The Morgan fingerprint density at radius 1 is 1.06 bits per heavy atom. The van der Waals surface area contributed by atoms with Gasteiger partial charge in [0.05, 0.1) is 12.1 Å². The van der Waals surface area contributed by atoms with Crippen molar-refractivity contribution in [1.29, 1.82) is 0 Å². The van der Waals surface area contributed by atoms with Crippen molar-refractivity contribution < 1.29 is 4.39 Å². The van der Waals surface area contributed by atoms with E-state index in [2.05, 4.69) is 25.4 Å². The van der Waals surface area contributed by atoms with Crippen molar-refractivity contribution in [3.05, 3.63) is 87.2 Å². The number of aromatic nitrogens is 5. The highest BCUT2D eigenvalue weighted by Crippen LogP contribution is 2.29. The van der Waals surface area contributed by atoms with Crippen molar-refractivity contribution in [2.45, 2.75) is 45.2 Å². The number of rotatable bonds is 5. The van der Waals surface area contributed by atoms with Crippen LogP contribution in [0.5, 0.6) is 0 Å². The van der Waals surface area contributed by atoms with Gasteiger partial charge in [-0.3, -0.25) is 9.69 Å². The summed E-state index contributed by atoms with van der Waals surface area (Å²) in [5, 5.41) is 13.6. The maximum absolute atomic E-state index is 13.4. The molecule has 0 spiro atoms. The summed E-state index contributed by atoms with van der Waals surface area (Å²) in [5.74, 6) is 0.342. The van der Waals surface area contributed by atoms with E-state index in [9.17, 15) is 9.18 Å². The van der Waals surface area contributed by atoms with Crippen LogP contribution in [0.15, 0.2) is 53.3 Å². The molecule has 1 fully saturated rings. The van der Waals surface area contributed by atoms with E-state index in [0.29, 0.717) is 17.9 Å². The van der Waals surface area contributed by atoms with E-state index in [1.807, 2.05) is 31.2 Å². The topological polar surface area (TPSA) is 79.7 Å². The van der Waals surface area contributed by atoms with Crippen molar-refractivity contribution >= 4 is 10.9 Å². The molecular weight excluding hydrogens is 419 g/mol. The number of tetrazole rings is 1. The van der Waals surface area contributed by atoms with E-state index in [1.54, 1.807) is 16.8 Å². The quantitative estimate of drug-likeness (QED) is 0.502. The third kappa shape index (κ3) is 4.43. The van der Waals surface area contributed by atoms with Crippen LogP contribution >= 0.6 is 0 Å². The molecule has 2 aromatic heterocycles. The van der Waals surface area contributed by atoms with Gasteiger partial charge in [0.25, 0.3) is 5.56 Å². The number of pyridine rings is 1. The van der Waals surface area contributed by atoms with Crippen LogP contribution in [0.3, 0.4) is 0 Å². The summed E-state index contributed by atoms with van der Waals surface area (Å²) < 4.78 is 15.1. The highest BCUT2D eigenvalue weighted by atomic mass is 19.1. The standard InChI is InChI=1S/C25H27FN6O/c1-17-7-6-8-19-15-21(25(33)27-22(17)19)23(31-13-4-2-3-5-14-31)24-28-29-30-32(24)16-18-9-11-20(26)12-10-18/h6-12,15,23H,2-5,13-14,16H2,1H3,(H,27,33)/t23-/m0/s1. The van der Waals surface area contributed by atoms with Crippen molar-refractivity contribution in [2.75, 3.05) is 13.1 Å². The normalized spacial score (nSPS) is 16.1. The largest absolute Gasteiger partial charge is 0.321 e. The molecule has 7 nitrogen and oxygen atoms in total. The minimum atomic E-state index is -0.368. The number of aromatic amines is 1. The van der Waals surface area contributed by atoms with Gasteiger partial charge in [-0.2, -0.15) is 0 Å². The summed E-state index contributed by atoms with van der Waals surface area (Å²) in [6.07, 6.45) is 4.50. The second-order valence-electron chi connectivity index (χ2n) is 8.77. The Bertz CT molecular complexity index is 1300. The number of halogens is 1. The molecule has 1 N–H and O–H groups in total. The van der Waals surface area contributed by atoms with Crippen molar-refractivity contribution in [1.82, 2.24) is 30.1 Å². The lowest BCUT2D eigenvalue weighted by atomic mass is 10.0. The summed E-state index contributed by atoms with van der Waals surface area (Å²) >= 11 is 0. The monoisotopic (exact) mass is 446 g/mol. The maximum Gasteiger partial charge on any atom is 0.253 e. The molecule has 4 aromatic rings. The number of nitrogens with one attached hydrogen (secondary N) is 1. The molecule has 1 aliphatic rings. The minimum Gasteiger partial charge on any atom is -0.321 e. The molecule has 1 aliphatic heterocycles. The van der Waals surface area contributed by atoms with Crippen LogP contribution < -0.4 is 5.56 Å². The van der Waals surface area contributed by atoms with Gasteiger partial charge in [0.2, 0.25) is 0 Å². The number of nitrogens with zero attached hydrogens (tertiary/aromatic N) is 5. The Hall–Kier alpha value is -3.39. The molecule has 0 aliphatic carbocycles. The first-order chi connectivity index (χ1) is 16.1. The predicted molar refractivity (Wildman–Crippen MR) is 125 cm³/mol. The molecule has 2 aromatic carbocycles. The second kappa shape index (κ2) is 9.23. The molecular formula is C25H27FN6O. The van der Waals surface area contributed by atoms with Crippen LogP contribution in [-0.4, -0.2) is 43.2 Å². The number of fused-ring (bicyclic) bond motifs is 1. The number of benzene rings is 2. The zero-order chi connectivity index (χ0) is 22.8. The lowest BCUT2D eigenvalue weighted by molar-refractivity contribution is 0.220. The predicted octanol–water partition coefficient (Wildman–Crippen LogP) is 3.98. The van der Waals surface area contributed by atoms with E-state index >= 15 is 0 Å². The molecule has 0 radical (unpaired) electrons. The first-order valence-corrected chi connectivity index (χ1v) is 11.5. The number of H-pyrrole nitrogens is 1. The van der Waals surface area contributed by atoms with Gasteiger partial charge in [0.1, 0.15) is 11.9 Å². The lowest BCUT2D eigenvalue weighted by Gasteiger charge is -2.29. The molecule has 0 bridgehead atoms. The van der Waals surface area contributed by atoms with Gasteiger partial charge in [-0.05, 0) is 78.0 Å². The van der Waals surface area contributed by atoms with Crippen LogP contribution in [0.2, 0.25) is 0 Å². The van der Waals surface area contributed by atoms with Crippen molar-refractivity contribution in [2.24, 2.45) is 0 Å². The summed E-state index contributed by atoms with van der Waals surface area (Å²) in [6.45, 7) is 4.14. The van der Waals surface area contributed by atoms with Crippen LogP contribution in [0, 0.1) is 12.7 Å². The van der Waals surface area contributed by atoms with Gasteiger partial charge in [0.15, 0.2) is 5.82 Å². The molecule has 1 atom stereocenters. The molecule has 8 heteroatoms. The number of aryl methyl sites for hydroxylation is 1. The van der Waals surface area contributed by atoms with Gasteiger partial charge in [0, 0.05) is 5.56 Å². The van der Waals surface area contributed by atoms with E-state index in [1.165, 1.54) is 25.0 Å². The van der Waals surface area contributed by atoms with Crippen molar-refractivity contribution in [3.8, 4) is 0 Å². The summed E-state index contributed by atoms with van der Waals surface area (Å²) in [7, 11) is 0. The van der Waals surface area contributed by atoms with Gasteiger partial charge < -0.3 is 4.98 Å². The summed E-state index contributed by atoms with van der Waals surface area (Å²) in [5.41, 5.74) is 3.30. The Balaban J connectivity index is 1.62. The third-order valence-electron chi connectivity index (χ3n) is 6.47. The molecule has 0 saturated carbocycles. The average molecular weight is 447 g/mol. The van der Waals surface area contributed by atoms with Gasteiger partial charge in [-0.25, -0.2) is 9.07 Å². The molecule has 1 saturated heterocycles. The number of para-hydroxylation sites is 1. The van der Waals surface area contributed by atoms with Gasteiger partial charge >= 0.3 is 0 Å². The minimum absolute atomic E-state index is 0.123. The fourth-order valence-corrected chi connectivity index (χ4v) is 4.74. The molecule has 33 heavy (non-hydrogen) atoms. The Morgan fingerprint density at radius 2 is 1.82 bits per heavy atom. The smallest absolute Gasteiger partial charge is 0.253 e. The zero-order valence-corrected chi connectivity index (χ0v) is 18.7. The highest BCUT2D eigenvalue weighted by Gasteiger charge is 2.31. The second-order valence-corrected chi connectivity index (χ2v) is 8.77. The highest BCUT2D eigenvalue weighted by molar-refractivity contribution is 5.82. The number of hydrogen-bond acceptors (Lipinski definition) is 5. The number of likely N-dealkylation sites (tertiary alicyclic amines) is 1. The summed E-state index contributed by atoms with van der Waals surface area (Å²) in [4.78, 5) is 18.8. The Kier molecular flexibility index (Phi) is 6.00. The Labute approximate surface area is 191 Å². The van der Waals surface area contributed by atoms with Crippen LogP contribution in [0.1, 0.15) is 54.2 Å². The zero-order valence-electron chi connectivity index (χ0n) is 18.7. The fourth-order valence-electron chi connectivity index (χ4n) is 4.74. The van der Waals surface area contributed by atoms with Gasteiger partial charge in [-0.15, -0.1) is 5.10 Å². The summed E-state index contributed by atoms with van der Waals surface area (Å²) in [6, 6.07) is 13.9. The first kappa shape index (κ1) is 21.5. The molecule has 3 heterocycles. The van der Waals surface area contributed by atoms with E-state index < -0.39 is 0 Å². The average Bonchev–Trinajstić information content (AvgIpc) is 3.08. The molecule has 0 amide bonds. The number of hydrogen-bond donors (Lipinski definition) is 1. The SMILES string of the molecule is Cc1cccc2cc([C@@H](c3nnnn3Cc3ccc(F)cc3)N3CCCCCC3)c(=O)[nH]c12. The van der Waals surface area contributed by atoms with E-state index in [0.717, 1.165) is 48.0 Å². The lowest BCUT2D eigenvalue weighted by Crippen LogP contribution is -2.36. The molecule has 170 valence electrons. The Morgan fingerprint density at radius 3 is 2.58 bits per heavy atom. The van der Waals surface area contributed by atoms with Gasteiger partial charge in [-0.1, -0.05) is 43.2 Å². The van der Waals surface area contributed by atoms with Crippen LogP contribution in [0.4, 0.5) is 4.39 Å². The van der Waals surface area contributed by atoms with E-state index in [4.69, 9.17) is 0 Å². The van der Waals surface area contributed by atoms with Crippen molar-refractivity contribution in [3.63, 3.8) is 0 Å². The van der Waals surface area contributed by atoms with E-state index in [-0.39, 0.29) is 17.4 Å². The maximum atomic E-state index is 13.4. The molecule has 0 unspecified atom stereocenters. The van der Waals surface area contributed by atoms with Crippen LogP contribution in [-0.2, 0) is 6.54 Å². The first-order valence-electron chi connectivity index (χ1n) is 11.5.